The molecule has 0 spiro atoms. The smallest absolute Gasteiger partial charge is 0.220 e. The van der Waals surface area contributed by atoms with Gasteiger partial charge in [-0.25, -0.2) is 0 Å². The van der Waals surface area contributed by atoms with Gasteiger partial charge in [0.05, 0.1) is 38.6 Å². The average Bonchev–Trinajstić information content (AvgIpc) is 0.787. The van der Waals surface area contributed by atoms with E-state index in [1.165, 1.54) is 244 Å². The number of carbonyl (C=O) groups excluding carboxylic acids is 1. The van der Waals surface area contributed by atoms with Crippen molar-refractivity contribution in [2.45, 2.75) is 420 Å². The molecule has 3 rings (SSSR count). The summed E-state index contributed by atoms with van der Waals surface area (Å²) >= 11 is 0. The first-order chi connectivity index (χ1) is 45.8. The molecule has 554 valence electrons. The van der Waals surface area contributed by atoms with Crippen LogP contribution in [0.3, 0.4) is 0 Å². The van der Waals surface area contributed by atoms with Gasteiger partial charge in [-0.05, 0) is 32.1 Å². The second-order valence-electron chi connectivity index (χ2n) is 27.8. The molecular formula is C75H141NO18. The standard InChI is InChI=1S/C75H141NO18/c1-3-5-7-9-11-13-15-17-19-21-23-25-26-27-28-29-30-31-33-35-37-39-41-43-45-47-49-51-53-63(81)76-58(59(80)52-50-48-46-44-42-40-38-36-34-32-24-22-20-18-16-14-12-10-8-6-4-2)57-89-73-69(87)66(84)71(61(55-78)91-73)94-75-70(88)67(85)72(62(56-79)92-75)93-74-68(86)65(83)64(82)60(54-77)90-74/h42,44,50,52,58-62,64-75,77-80,82-88H,3-41,43,45-49,51,53-57H2,1-2H3,(H,76,81)/b44-42+,52-50+. The van der Waals surface area contributed by atoms with E-state index in [9.17, 15) is 61.0 Å². The van der Waals surface area contributed by atoms with Crippen LogP contribution in [0.1, 0.15) is 316 Å². The van der Waals surface area contributed by atoms with Crippen LogP contribution in [0.2, 0.25) is 0 Å². The van der Waals surface area contributed by atoms with Crippen LogP contribution >= 0.6 is 0 Å². The Labute approximate surface area is 568 Å². The highest BCUT2D eigenvalue weighted by Gasteiger charge is 2.53. The van der Waals surface area contributed by atoms with Crippen molar-refractivity contribution in [1.82, 2.24) is 5.32 Å². The van der Waals surface area contributed by atoms with Gasteiger partial charge in [0.25, 0.3) is 0 Å². The van der Waals surface area contributed by atoms with Crippen molar-refractivity contribution in [1.29, 1.82) is 0 Å². The van der Waals surface area contributed by atoms with Gasteiger partial charge >= 0.3 is 0 Å². The quantitative estimate of drug-likeness (QED) is 0.0199. The molecule has 0 radical (unpaired) electrons. The summed E-state index contributed by atoms with van der Waals surface area (Å²) in [5, 5.41) is 121. The SMILES string of the molecule is CCCCCCCCCCCCCCCCC/C=C/CC/C=C/C(O)C(COC1OC(CO)C(OC2OC(CO)C(OC3OC(CO)C(O)C(O)C3O)C(O)C2O)C(O)C1O)NC(=O)CCCCCCCCCCCCCCCCCCCCCCCCCCCCCC. The first-order valence-electron chi connectivity index (χ1n) is 38.6. The van der Waals surface area contributed by atoms with E-state index in [4.69, 9.17) is 28.4 Å². The molecule has 12 N–H and O–H groups in total. The minimum Gasteiger partial charge on any atom is -0.394 e. The van der Waals surface area contributed by atoms with Gasteiger partial charge in [0.15, 0.2) is 18.9 Å². The largest absolute Gasteiger partial charge is 0.394 e. The fraction of sp³-hybridized carbons (Fsp3) is 0.933. The normalized spacial score (nSPS) is 27.4. The summed E-state index contributed by atoms with van der Waals surface area (Å²) < 4.78 is 34.4. The van der Waals surface area contributed by atoms with Gasteiger partial charge < -0.3 is 89.9 Å². The summed E-state index contributed by atoms with van der Waals surface area (Å²) in [6.45, 7) is 1.77. The van der Waals surface area contributed by atoms with Gasteiger partial charge in [-0.15, -0.1) is 0 Å². The van der Waals surface area contributed by atoms with Crippen molar-refractivity contribution in [2.24, 2.45) is 0 Å². The van der Waals surface area contributed by atoms with Crippen LogP contribution in [0, 0.1) is 0 Å². The number of hydrogen-bond donors (Lipinski definition) is 12. The predicted octanol–water partition coefficient (Wildman–Crippen LogP) is 11.8. The van der Waals surface area contributed by atoms with E-state index < -0.39 is 124 Å². The Bertz CT molecular complexity index is 1800. The molecule has 3 saturated heterocycles. The van der Waals surface area contributed by atoms with Crippen molar-refractivity contribution >= 4 is 5.91 Å². The molecule has 0 aromatic carbocycles. The topological polar surface area (TPSA) is 307 Å². The lowest BCUT2D eigenvalue weighted by Gasteiger charge is -2.48. The molecule has 1 amide bonds. The molecule has 0 bridgehead atoms. The maximum absolute atomic E-state index is 13.4. The minimum atomic E-state index is -1.98. The molecule has 19 nitrogen and oxygen atoms in total. The van der Waals surface area contributed by atoms with Gasteiger partial charge in [-0.1, -0.05) is 301 Å². The first-order valence-corrected chi connectivity index (χ1v) is 38.6. The number of aliphatic hydroxyl groups excluding tert-OH is 11. The van der Waals surface area contributed by atoms with Crippen LogP contribution in [0.5, 0.6) is 0 Å². The van der Waals surface area contributed by atoms with Crippen LogP contribution in [-0.4, -0.2) is 193 Å². The highest BCUT2D eigenvalue weighted by atomic mass is 16.8. The van der Waals surface area contributed by atoms with E-state index in [-0.39, 0.29) is 18.9 Å². The van der Waals surface area contributed by atoms with Crippen LogP contribution < -0.4 is 5.32 Å². The maximum atomic E-state index is 13.4. The molecule has 3 aliphatic rings. The van der Waals surface area contributed by atoms with E-state index in [1.54, 1.807) is 6.08 Å². The Morgan fingerprint density at radius 3 is 1.06 bits per heavy atom. The molecule has 3 fully saturated rings. The van der Waals surface area contributed by atoms with Gasteiger partial charge in [-0.2, -0.15) is 0 Å². The van der Waals surface area contributed by atoms with Crippen molar-refractivity contribution in [3.63, 3.8) is 0 Å². The Morgan fingerprint density at radius 1 is 0.372 bits per heavy atom. The number of hydrogen-bond acceptors (Lipinski definition) is 18. The van der Waals surface area contributed by atoms with E-state index in [0.717, 1.165) is 38.5 Å². The molecule has 3 heterocycles. The predicted molar refractivity (Wildman–Crippen MR) is 370 cm³/mol. The molecule has 17 atom stereocenters. The van der Waals surface area contributed by atoms with Gasteiger partial charge in [0.1, 0.15) is 73.2 Å². The zero-order valence-electron chi connectivity index (χ0n) is 59.0. The van der Waals surface area contributed by atoms with Crippen LogP contribution in [0.4, 0.5) is 0 Å². The minimum absolute atomic E-state index is 0.241. The first kappa shape index (κ1) is 86.5. The zero-order chi connectivity index (χ0) is 68.2. The van der Waals surface area contributed by atoms with E-state index in [1.807, 2.05) is 6.08 Å². The maximum Gasteiger partial charge on any atom is 0.220 e. The highest BCUT2D eigenvalue weighted by molar-refractivity contribution is 5.76. The number of carbonyl (C=O) groups is 1. The Balaban J connectivity index is 1.40. The van der Waals surface area contributed by atoms with Crippen molar-refractivity contribution in [2.75, 3.05) is 26.4 Å². The molecule has 17 unspecified atom stereocenters. The lowest BCUT2D eigenvalue weighted by atomic mass is 9.96. The Morgan fingerprint density at radius 2 is 0.681 bits per heavy atom. The molecule has 19 heteroatoms. The number of nitrogens with one attached hydrogen (secondary N) is 1. The second kappa shape index (κ2) is 57.0. The van der Waals surface area contributed by atoms with Gasteiger partial charge in [-0.3, -0.25) is 4.79 Å². The zero-order valence-corrected chi connectivity index (χ0v) is 59.0. The lowest BCUT2D eigenvalue weighted by Crippen LogP contribution is -2.66. The van der Waals surface area contributed by atoms with Crippen LogP contribution in [-0.2, 0) is 33.2 Å². The fourth-order valence-corrected chi connectivity index (χ4v) is 13.3. The fourth-order valence-electron chi connectivity index (χ4n) is 13.3. The number of ether oxygens (including phenoxy) is 6. The molecule has 0 saturated carbocycles. The molecule has 3 aliphatic heterocycles. The summed E-state index contributed by atoms with van der Waals surface area (Å²) in [7, 11) is 0. The molecule has 94 heavy (non-hydrogen) atoms. The molecule has 0 aliphatic carbocycles. The summed E-state index contributed by atoms with van der Waals surface area (Å²) in [6, 6.07) is -0.987. The average molecular weight is 1340 g/mol. The second-order valence-corrected chi connectivity index (χ2v) is 27.8. The molecule has 0 aromatic rings. The van der Waals surface area contributed by atoms with Crippen LogP contribution in [0.15, 0.2) is 24.3 Å². The summed E-state index contributed by atoms with van der Waals surface area (Å²) in [6.07, 6.45) is 40.3. The van der Waals surface area contributed by atoms with Gasteiger partial charge in [0, 0.05) is 6.42 Å². The monoisotopic (exact) mass is 1340 g/mol. The Hall–Kier alpha value is -1.73. The van der Waals surface area contributed by atoms with Crippen molar-refractivity contribution in [3.8, 4) is 0 Å². The number of amides is 1. The van der Waals surface area contributed by atoms with E-state index in [2.05, 4.69) is 31.3 Å². The highest BCUT2D eigenvalue weighted by Crippen LogP contribution is 2.33. The number of allylic oxidation sites excluding steroid dienone is 3. The third-order valence-corrected chi connectivity index (χ3v) is 19.5. The Kier molecular flexibility index (Phi) is 52.4. The third-order valence-electron chi connectivity index (χ3n) is 19.5. The van der Waals surface area contributed by atoms with Crippen molar-refractivity contribution in [3.05, 3.63) is 24.3 Å². The third kappa shape index (κ3) is 37.6. The number of rotatable bonds is 61. The lowest BCUT2D eigenvalue weighted by molar-refractivity contribution is -0.379. The molecular weight excluding hydrogens is 1200 g/mol. The summed E-state index contributed by atoms with van der Waals surface area (Å²) in [5.74, 6) is -0.278. The summed E-state index contributed by atoms with van der Waals surface area (Å²) in [5.41, 5.74) is 0. The van der Waals surface area contributed by atoms with E-state index >= 15 is 0 Å². The summed E-state index contributed by atoms with van der Waals surface area (Å²) in [4.78, 5) is 13.4. The van der Waals surface area contributed by atoms with E-state index in [0.29, 0.717) is 12.8 Å². The van der Waals surface area contributed by atoms with Crippen molar-refractivity contribution < 1.29 is 89.4 Å². The van der Waals surface area contributed by atoms with Crippen LogP contribution in [0.25, 0.3) is 0 Å². The van der Waals surface area contributed by atoms with Gasteiger partial charge in [0.2, 0.25) is 5.91 Å². The molecule has 0 aromatic heterocycles. The number of unbranched alkanes of at least 4 members (excludes halogenated alkanes) is 43. The number of aliphatic hydroxyl groups is 11.